The van der Waals surface area contributed by atoms with Gasteiger partial charge in [0.2, 0.25) is 15.9 Å². The lowest BCUT2D eigenvalue weighted by Gasteiger charge is -2.31. The first-order valence-corrected chi connectivity index (χ1v) is 11.7. The molecule has 0 bridgehead atoms. The van der Waals surface area contributed by atoms with E-state index >= 15 is 0 Å². The summed E-state index contributed by atoms with van der Waals surface area (Å²) in [6, 6.07) is 14.1. The Bertz CT molecular complexity index is 938. The molecule has 156 valence electrons. The Balaban J connectivity index is 1.57. The van der Waals surface area contributed by atoms with Crippen LogP contribution in [0.4, 0.5) is 0 Å². The van der Waals surface area contributed by atoms with Gasteiger partial charge in [0, 0.05) is 23.5 Å². The third kappa shape index (κ3) is 5.18. The molecule has 0 aliphatic carbocycles. The molecule has 1 aliphatic heterocycles. The summed E-state index contributed by atoms with van der Waals surface area (Å²) >= 11 is 3.41. The van der Waals surface area contributed by atoms with Crippen LogP contribution in [0, 0.1) is 5.92 Å². The van der Waals surface area contributed by atoms with E-state index in [0.29, 0.717) is 31.7 Å². The second kappa shape index (κ2) is 9.28. The molecule has 3 rings (SSSR count). The van der Waals surface area contributed by atoms with Crippen molar-refractivity contribution in [1.29, 1.82) is 0 Å². The van der Waals surface area contributed by atoms with Gasteiger partial charge in [-0.2, -0.15) is 4.31 Å². The number of rotatable bonds is 6. The molecule has 1 aliphatic rings. The number of ether oxygens (including phenoxy) is 1. The molecular weight excluding hydrogens is 456 g/mol. The van der Waals surface area contributed by atoms with Crippen molar-refractivity contribution >= 4 is 31.9 Å². The summed E-state index contributed by atoms with van der Waals surface area (Å²) in [6.07, 6.45) is 1.02. The van der Waals surface area contributed by atoms with E-state index in [1.165, 1.54) is 11.4 Å². The number of nitrogens with zero attached hydrogens (tertiary/aromatic N) is 1. The monoisotopic (exact) mass is 480 g/mol. The molecule has 29 heavy (non-hydrogen) atoms. The van der Waals surface area contributed by atoms with Gasteiger partial charge in [-0.15, -0.1) is 0 Å². The van der Waals surface area contributed by atoms with Gasteiger partial charge in [-0.25, -0.2) is 8.42 Å². The van der Waals surface area contributed by atoms with Crippen LogP contribution >= 0.6 is 15.9 Å². The maximum atomic E-state index is 12.8. The molecular formula is C21H25BrN2O4S. The van der Waals surface area contributed by atoms with Crippen molar-refractivity contribution in [1.82, 2.24) is 9.62 Å². The molecule has 1 heterocycles. The second-order valence-electron chi connectivity index (χ2n) is 7.14. The molecule has 1 saturated heterocycles. The number of carbonyl (C=O) groups is 1. The van der Waals surface area contributed by atoms with Crippen LogP contribution in [0.2, 0.25) is 0 Å². The SMILES string of the molecule is COc1ccc(S(=O)(=O)N2CCC(C(=O)NC(C)c3ccc(Br)cc3)CC2)cc1. The van der Waals surface area contributed by atoms with Crippen molar-refractivity contribution in [2.75, 3.05) is 20.2 Å². The third-order valence-corrected chi connectivity index (χ3v) is 7.69. The number of carbonyl (C=O) groups excluding carboxylic acids is 1. The van der Waals surface area contributed by atoms with E-state index in [1.807, 2.05) is 31.2 Å². The molecule has 0 radical (unpaired) electrons. The number of amides is 1. The van der Waals surface area contributed by atoms with Crippen LogP contribution in [-0.4, -0.2) is 38.8 Å². The van der Waals surface area contributed by atoms with Gasteiger partial charge >= 0.3 is 0 Å². The topological polar surface area (TPSA) is 75.7 Å². The summed E-state index contributed by atoms with van der Waals surface area (Å²) in [7, 11) is -2.03. The molecule has 0 aromatic heterocycles. The normalized spacial score (nSPS) is 16.9. The fourth-order valence-corrected chi connectivity index (χ4v) is 5.16. The fraction of sp³-hybridized carbons (Fsp3) is 0.381. The van der Waals surface area contributed by atoms with Gasteiger partial charge in [0.05, 0.1) is 18.0 Å². The lowest BCUT2D eigenvalue weighted by Crippen LogP contribution is -2.43. The zero-order chi connectivity index (χ0) is 21.0. The van der Waals surface area contributed by atoms with Crippen LogP contribution in [0.1, 0.15) is 31.4 Å². The van der Waals surface area contributed by atoms with Gasteiger partial charge in [-0.3, -0.25) is 4.79 Å². The number of sulfonamides is 1. The highest BCUT2D eigenvalue weighted by Gasteiger charge is 2.32. The van der Waals surface area contributed by atoms with Crippen LogP contribution in [0.5, 0.6) is 5.75 Å². The van der Waals surface area contributed by atoms with E-state index in [0.717, 1.165) is 10.0 Å². The molecule has 0 saturated carbocycles. The Morgan fingerprint density at radius 3 is 2.24 bits per heavy atom. The van der Waals surface area contributed by atoms with Gasteiger partial charge < -0.3 is 10.1 Å². The molecule has 2 aromatic rings. The van der Waals surface area contributed by atoms with E-state index in [1.54, 1.807) is 24.3 Å². The largest absolute Gasteiger partial charge is 0.497 e. The first-order valence-electron chi connectivity index (χ1n) is 9.51. The molecule has 2 aromatic carbocycles. The van der Waals surface area contributed by atoms with Crippen LogP contribution in [0.25, 0.3) is 0 Å². The maximum absolute atomic E-state index is 12.8. The van der Waals surface area contributed by atoms with E-state index in [-0.39, 0.29) is 22.8 Å². The minimum absolute atomic E-state index is 0.0260. The molecule has 1 atom stereocenters. The average Bonchev–Trinajstić information content (AvgIpc) is 2.74. The number of benzene rings is 2. The number of nitrogens with one attached hydrogen (secondary N) is 1. The van der Waals surface area contributed by atoms with Crippen LogP contribution < -0.4 is 10.1 Å². The van der Waals surface area contributed by atoms with Crippen molar-refractivity contribution in [3.8, 4) is 5.75 Å². The fourth-order valence-electron chi connectivity index (χ4n) is 3.42. The van der Waals surface area contributed by atoms with E-state index in [9.17, 15) is 13.2 Å². The lowest BCUT2D eigenvalue weighted by atomic mass is 9.96. The number of halogens is 1. The summed E-state index contributed by atoms with van der Waals surface area (Å²) in [5.74, 6) is 0.399. The molecule has 6 nitrogen and oxygen atoms in total. The first-order chi connectivity index (χ1) is 13.8. The Hall–Kier alpha value is -1.90. The number of methoxy groups -OCH3 is 1. The summed E-state index contributed by atoms with van der Waals surface area (Å²) in [5, 5.41) is 3.05. The molecule has 1 fully saturated rings. The molecule has 1 N–H and O–H groups in total. The van der Waals surface area contributed by atoms with E-state index in [4.69, 9.17) is 4.74 Å². The van der Waals surface area contributed by atoms with Gasteiger partial charge in [-0.1, -0.05) is 28.1 Å². The minimum atomic E-state index is -3.56. The smallest absolute Gasteiger partial charge is 0.243 e. The van der Waals surface area contributed by atoms with Gasteiger partial charge in [0.1, 0.15) is 5.75 Å². The lowest BCUT2D eigenvalue weighted by molar-refractivity contribution is -0.126. The van der Waals surface area contributed by atoms with Gasteiger partial charge in [-0.05, 0) is 61.7 Å². The highest BCUT2D eigenvalue weighted by atomic mass is 79.9. The number of piperidine rings is 1. The zero-order valence-electron chi connectivity index (χ0n) is 16.5. The van der Waals surface area contributed by atoms with Gasteiger partial charge in [0.25, 0.3) is 0 Å². The van der Waals surface area contributed by atoms with E-state index < -0.39 is 10.0 Å². The molecule has 1 amide bonds. The maximum Gasteiger partial charge on any atom is 0.243 e. The molecule has 8 heteroatoms. The highest BCUT2D eigenvalue weighted by Crippen LogP contribution is 2.26. The van der Waals surface area contributed by atoms with Crippen LogP contribution in [0.3, 0.4) is 0 Å². The third-order valence-electron chi connectivity index (χ3n) is 5.25. The first kappa shape index (κ1) is 21.8. The van der Waals surface area contributed by atoms with Gasteiger partial charge in [0.15, 0.2) is 0 Å². The van der Waals surface area contributed by atoms with Crippen molar-refractivity contribution in [2.24, 2.45) is 5.92 Å². The average molecular weight is 481 g/mol. The quantitative estimate of drug-likeness (QED) is 0.682. The second-order valence-corrected chi connectivity index (χ2v) is 9.99. The Morgan fingerprint density at radius 2 is 1.69 bits per heavy atom. The van der Waals surface area contributed by atoms with Crippen molar-refractivity contribution < 1.29 is 17.9 Å². The predicted octanol–water partition coefficient (Wildman–Crippen LogP) is 3.74. The Morgan fingerprint density at radius 1 is 1.10 bits per heavy atom. The zero-order valence-corrected chi connectivity index (χ0v) is 18.9. The van der Waals surface area contributed by atoms with E-state index in [2.05, 4.69) is 21.2 Å². The summed E-state index contributed by atoms with van der Waals surface area (Å²) < 4.78 is 33.2. The Labute approximate surface area is 180 Å². The predicted molar refractivity (Wildman–Crippen MR) is 115 cm³/mol. The Kier molecular flexibility index (Phi) is 6.97. The number of hydrogen-bond donors (Lipinski definition) is 1. The van der Waals surface area contributed by atoms with Crippen molar-refractivity contribution in [2.45, 2.75) is 30.7 Å². The van der Waals surface area contributed by atoms with Crippen LogP contribution in [0.15, 0.2) is 57.9 Å². The molecule has 1 unspecified atom stereocenters. The van der Waals surface area contributed by atoms with Crippen molar-refractivity contribution in [3.05, 3.63) is 58.6 Å². The highest BCUT2D eigenvalue weighted by molar-refractivity contribution is 9.10. The number of hydrogen-bond acceptors (Lipinski definition) is 4. The minimum Gasteiger partial charge on any atom is -0.497 e. The summed E-state index contributed by atoms with van der Waals surface area (Å²) in [5.41, 5.74) is 1.03. The summed E-state index contributed by atoms with van der Waals surface area (Å²) in [6.45, 7) is 2.61. The summed E-state index contributed by atoms with van der Waals surface area (Å²) in [4.78, 5) is 12.9. The molecule has 0 spiro atoms. The van der Waals surface area contributed by atoms with Crippen molar-refractivity contribution in [3.63, 3.8) is 0 Å². The standard InChI is InChI=1S/C21H25BrN2O4S/c1-15(16-3-5-18(22)6-4-16)23-21(25)17-11-13-24(14-12-17)29(26,27)20-9-7-19(28-2)8-10-20/h3-10,15,17H,11-14H2,1-2H3,(H,23,25). The van der Waals surface area contributed by atoms with Crippen LogP contribution in [-0.2, 0) is 14.8 Å².